The number of nitrogens with zero attached hydrogens (tertiary/aromatic N) is 5. The Morgan fingerprint density at radius 2 is 2.04 bits per heavy atom. The van der Waals surface area contributed by atoms with Crippen LogP contribution < -0.4 is 4.74 Å². The first-order valence-electron chi connectivity index (χ1n) is 8.02. The van der Waals surface area contributed by atoms with Gasteiger partial charge in [-0.25, -0.2) is 0 Å². The number of rotatable bonds is 4. The van der Waals surface area contributed by atoms with E-state index in [0.29, 0.717) is 18.9 Å². The minimum absolute atomic E-state index is 0.0453. The molecule has 3 heterocycles. The summed E-state index contributed by atoms with van der Waals surface area (Å²) >= 11 is 0. The monoisotopic (exact) mass is 338 g/mol. The highest BCUT2D eigenvalue weighted by Crippen LogP contribution is 2.28. The molecule has 3 aromatic rings. The van der Waals surface area contributed by atoms with Gasteiger partial charge in [0.1, 0.15) is 17.5 Å². The van der Waals surface area contributed by atoms with Crippen LogP contribution in [0.5, 0.6) is 5.75 Å². The first kappa shape index (κ1) is 15.4. The third-order valence-electron chi connectivity index (χ3n) is 4.43. The van der Waals surface area contributed by atoms with E-state index in [4.69, 9.17) is 4.74 Å². The molecule has 1 N–H and O–H groups in total. The molecule has 1 aromatic carbocycles. The van der Waals surface area contributed by atoms with E-state index in [1.807, 2.05) is 41.8 Å². The van der Waals surface area contributed by atoms with Gasteiger partial charge in [0.2, 0.25) is 5.91 Å². The van der Waals surface area contributed by atoms with E-state index in [1.165, 1.54) is 0 Å². The molecule has 4 rings (SSSR count). The van der Waals surface area contributed by atoms with Crippen LogP contribution in [-0.4, -0.2) is 42.9 Å². The molecule has 1 aliphatic rings. The molecule has 0 radical (unpaired) electrons. The summed E-state index contributed by atoms with van der Waals surface area (Å²) in [7, 11) is 1.63. The quantitative estimate of drug-likeness (QED) is 0.783. The molecule has 0 spiro atoms. The third kappa shape index (κ3) is 2.65. The zero-order chi connectivity index (χ0) is 17.4. The van der Waals surface area contributed by atoms with E-state index in [9.17, 15) is 4.79 Å². The topological polar surface area (TPSA) is 88.9 Å². The van der Waals surface area contributed by atoms with Gasteiger partial charge in [0.15, 0.2) is 11.6 Å². The summed E-state index contributed by atoms with van der Waals surface area (Å²) in [5.41, 5.74) is 1.80. The smallest absolute Gasteiger partial charge is 0.246 e. The molecule has 8 nitrogen and oxygen atoms in total. The number of methoxy groups -OCH3 is 1. The SMILES string of the molecule is COc1ccc(CN2Cc3nnc(-c4ccn[nH]4)n3[C@@H](C)C2=O)cc1. The zero-order valence-electron chi connectivity index (χ0n) is 14.0. The van der Waals surface area contributed by atoms with Gasteiger partial charge in [0, 0.05) is 12.7 Å². The Hall–Kier alpha value is -3.16. The van der Waals surface area contributed by atoms with Crippen molar-refractivity contribution in [3.05, 3.63) is 47.9 Å². The Balaban J connectivity index is 1.60. The van der Waals surface area contributed by atoms with Crippen LogP contribution in [0.25, 0.3) is 11.5 Å². The second-order valence-electron chi connectivity index (χ2n) is 6.00. The summed E-state index contributed by atoms with van der Waals surface area (Å²) in [6.07, 6.45) is 1.66. The molecule has 0 aliphatic carbocycles. The molecule has 1 aliphatic heterocycles. The van der Waals surface area contributed by atoms with Crippen LogP contribution in [0.1, 0.15) is 24.4 Å². The van der Waals surface area contributed by atoms with Gasteiger partial charge in [0.05, 0.1) is 13.7 Å². The van der Waals surface area contributed by atoms with Gasteiger partial charge in [-0.05, 0) is 30.7 Å². The predicted molar refractivity (Wildman–Crippen MR) is 89.6 cm³/mol. The minimum Gasteiger partial charge on any atom is -0.497 e. The minimum atomic E-state index is -0.365. The maximum Gasteiger partial charge on any atom is 0.246 e. The second-order valence-corrected chi connectivity index (χ2v) is 6.00. The molecule has 1 atom stereocenters. The number of aromatic nitrogens is 5. The molecular formula is C17H18N6O2. The van der Waals surface area contributed by atoms with E-state index in [2.05, 4.69) is 20.4 Å². The predicted octanol–water partition coefficient (Wildman–Crippen LogP) is 1.78. The first-order valence-corrected chi connectivity index (χ1v) is 8.02. The number of nitrogens with one attached hydrogen (secondary N) is 1. The zero-order valence-corrected chi connectivity index (χ0v) is 14.0. The number of amides is 1. The molecule has 0 fully saturated rings. The largest absolute Gasteiger partial charge is 0.497 e. The second kappa shape index (κ2) is 6.04. The van der Waals surface area contributed by atoms with Gasteiger partial charge >= 0.3 is 0 Å². The van der Waals surface area contributed by atoms with Crippen LogP contribution >= 0.6 is 0 Å². The van der Waals surface area contributed by atoms with Crippen LogP contribution in [0.2, 0.25) is 0 Å². The van der Waals surface area contributed by atoms with Crippen molar-refractivity contribution in [2.75, 3.05) is 7.11 Å². The average Bonchev–Trinajstić information content (AvgIpc) is 3.29. The number of hydrogen-bond donors (Lipinski definition) is 1. The van der Waals surface area contributed by atoms with Crippen molar-refractivity contribution in [2.24, 2.45) is 0 Å². The highest BCUT2D eigenvalue weighted by molar-refractivity contribution is 5.81. The maximum absolute atomic E-state index is 12.8. The van der Waals surface area contributed by atoms with Gasteiger partial charge in [0.25, 0.3) is 0 Å². The van der Waals surface area contributed by atoms with Crippen LogP contribution in [0, 0.1) is 0 Å². The Labute approximate surface area is 144 Å². The lowest BCUT2D eigenvalue weighted by Crippen LogP contribution is -2.41. The Morgan fingerprint density at radius 1 is 1.24 bits per heavy atom. The number of fused-ring (bicyclic) bond motifs is 1. The number of ether oxygens (including phenoxy) is 1. The number of carbonyl (C=O) groups is 1. The van der Waals surface area contributed by atoms with Crippen molar-refractivity contribution in [3.8, 4) is 17.3 Å². The highest BCUT2D eigenvalue weighted by Gasteiger charge is 2.33. The van der Waals surface area contributed by atoms with Crippen LogP contribution in [0.4, 0.5) is 0 Å². The molecule has 2 aromatic heterocycles. The molecule has 0 saturated heterocycles. The van der Waals surface area contributed by atoms with Crippen molar-refractivity contribution in [1.82, 2.24) is 29.9 Å². The van der Waals surface area contributed by atoms with Gasteiger partial charge in [-0.3, -0.25) is 14.5 Å². The van der Waals surface area contributed by atoms with E-state index >= 15 is 0 Å². The van der Waals surface area contributed by atoms with E-state index in [-0.39, 0.29) is 11.9 Å². The molecule has 128 valence electrons. The number of hydrogen-bond acceptors (Lipinski definition) is 5. The van der Waals surface area contributed by atoms with Gasteiger partial charge in [-0.15, -0.1) is 10.2 Å². The first-order chi connectivity index (χ1) is 12.2. The lowest BCUT2D eigenvalue weighted by molar-refractivity contribution is -0.137. The maximum atomic E-state index is 12.8. The van der Waals surface area contributed by atoms with Crippen molar-refractivity contribution in [1.29, 1.82) is 0 Å². The van der Waals surface area contributed by atoms with Crippen molar-refractivity contribution in [2.45, 2.75) is 26.1 Å². The fourth-order valence-electron chi connectivity index (χ4n) is 3.11. The Morgan fingerprint density at radius 3 is 2.72 bits per heavy atom. The fourth-order valence-corrected chi connectivity index (χ4v) is 3.11. The van der Waals surface area contributed by atoms with E-state index in [0.717, 1.165) is 22.8 Å². The molecule has 25 heavy (non-hydrogen) atoms. The summed E-state index contributed by atoms with van der Waals surface area (Å²) in [6, 6.07) is 9.17. The van der Waals surface area contributed by atoms with Crippen LogP contribution in [0.3, 0.4) is 0 Å². The summed E-state index contributed by atoms with van der Waals surface area (Å²) in [4.78, 5) is 14.6. The van der Waals surface area contributed by atoms with E-state index < -0.39 is 0 Å². The van der Waals surface area contributed by atoms with Crippen molar-refractivity contribution >= 4 is 5.91 Å². The van der Waals surface area contributed by atoms with Crippen molar-refractivity contribution in [3.63, 3.8) is 0 Å². The normalized spacial score (nSPS) is 16.8. The molecule has 0 saturated carbocycles. The van der Waals surface area contributed by atoms with E-state index in [1.54, 1.807) is 18.2 Å². The van der Waals surface area contributed by atoms with Crippen LogP contribution in [-0.2, 0) is 17.9 Å². The molecule has 8 heteroatoms. The average molecular weight is 338 g/mol. The van der Waals surface area contributed by atoms with Crippen molar-refractivity contribution < 1.29 is 9.53 Å². The number of H-pyrrole nitrogens is 1. The van der Waals surface area contributed by atoms with Gasteiger partial charge in [-0.1, -0.05) is 12.1 Å². The Bertz CT molecular complexity index is 885. The summed E-state index contributed by atoms with van der Waals surface area (Å²) in [5, 5.41) is 15.3. The standard InChI is InChI=1S/C17H18N6O2/c1-11-17(24)22(9-12-3-5-13(25-2)6-4-12)10-15-20-21-16(23(11)15)14-7-8-18-19-14/h3-8,11H,9-10H2,1-2H3,(H,18,19)/t11-/m0/s1. The fraction of sp³-hybridized carbons (Fsp3) is 0.294. The summed E-state index contributed by atoms with van der Waals surface area (Å²) in [6.45, 7) is 2.82. The summed E-state index contributed by atoms with van der Waals surface area (Å²) in [5.74, 6) is 2.25. The Kier molecular flexibility index (Phi) is 3.72. The lowest BCUT2D eigenvalue weighted by Gasteiger charge is -2.32. The molecule has 0 bridgehead atoms. The number of carbonyl (C=O) groups excluding carboxylic acids is 1. The molecule has 0 unspecified atom stereocenters. The van der Waals surface area contributed by atoms with Gasteiger partial charge < -0.3 is 9.64 Å². The number of aromatic amines is 1. The molecule has 1 amide bonds. The summed E-state index contributed by atoms with van der Waals surface area (Å²) < 4.78 is 7.05. The lowest BCUT2D eigenvalue weighted by atomic mass is 10.1. The highest BCUT2D eigenvalue weighted by atomic mass is 16.5. The third-order valence-corrected chi connectivity index (χ3v) is 4.43. The molecular weight excluding hydrogens is 320 g/mol. The number of benzene rings is 1. The van der Waals surface area contributed by atoms with Crippen LogP contribution in [0.15, 0.2) is 36.5 Å². The van der Waals surface area contributed by atoms with Gasteiger partial charge in [-0.2, -0.15) is 5.10 Å².